The minimum atomic E-state index is -0.943. The summed E-state index contributed by atoms with van der Waals surface area (Å²) in [4.78, 5) is 21.6. The first-order valence-electron chi connectivity index (χ1n) is 6.68. The summed E-state index contributed by atoms with van der Waals surface area (Å²) in [5, 5.41) is 11.2. The summed E-state index contributed by atoms with van der Waals surface area (Å²) in [5.74, 6) is -1.15. The molecule has 0 heterocycles. The second-order valence-electron chi connectivity index (χ2n) is 4.56. The second-order valence-corrected chi connectivity index (χ2v) is 4.56. The summed E-state index contributed by atoms with van der Waals surface area (Å²) in [6, 6.07) is 8.39. The fourth-order valence-electron chi connectivity index (χ4n) is 1.82. The fourth-order valence-corrected chi connectivity index (χ4v) is 1.82. The van der Waals surface area contributed by atoms with Crippen LogP contribution < -0.4 is 5.32 Å². The molecule has 0 saturated carbocycles. The number of hydrogen-bond donors (Lipinski definition) is 2. The maximum Gasteiger partial charge on any atom is 0.303 e. The van der Waals surface area contributed by atoms with Crippen LogP contribution in [0.1, 0.15) is 37.3 Å². The second kappa shape index (κ2) is 8.29. The molecule has 0 spiro atoms. The number of amides is 1. The molecule has 0 bridgehead atoms. The minimum Gasteiger partial charge on any atom is -0.481 e. The van der Waals surface area contributed by atoms with Crippen molar-refractivity contribution in [2.45, 2.75) is 39.0 Å². The van der Waals surface area contributed by atoms with E-state index >= 15 is 0 Å². The van der Waals surface area contributed by atoms with Crippen LogP contribution in [0.3, 0.4) is 0 Å². The van der Waals surface area contributed by atoms with E-state index in [9.17, 15) is 9.59 Å². The molecule has 0 aliphatic carbocycles. The highest BCUT2D eigenvalue weighted by atomic mass is 16.4. The van der Waals surface area contributed by atoms with Crippen LogP contribution in [0.5, 0.6) is 0 Å². The number of aliphatic carboxylic acids is 1. The summed E-state index contributed by atoms with van der Waals surface area (Å²) in [6.07, 6.45) is 2.93. The predicted molar refractivity (Wildman–Crippen MR) is 74.0 cm³/mol. The van der Waals surface area contributed by atoms with Crippen LogP contribution in [0.25, 0.3) is 0 Å². The van der Waals surface area contributed by atoms with E-state index in [1.165, 1.54) is 11.1 Å². The maximum atomic E-state index is 11.3. The number of carboxylic acids is 1. The number of hydrogen-bond acceptors (Lipinski definition) is 2. The number of benzene rings is 1. The third-order valence-electron chi connectivity index (χ3n) is 2.86. The van der Waals surface area contributed by atoms with Gasteiger partial charge in [0.15, 0.2) is 0 Å². The molecule has 4 nitrogen and oxygen atoms in total. The Bertz CT molecular complexity index is 412. The third kappa shape index (κ3) is 6.60. The van der Waals surface area contributed by atoms with Crippen LogP contribution in [-0.2, 0) is 22.4 Å². The van der Waals surface area contributed by atoms with Gasteiger partial charge < -0.3 is 10.4 Å². The molecule has 19 heavy (non-hydrogen) atoms. The lowest BCUT2D eigenvalue weighted by Gasteiger charge is -2.05. The van der Waals surface area contributed by atoms with Crippen LogP contribution in [0, 0.1) is 0 Å². The lowest BCUT2D eigenvalue weighted by Crippen LogP contribution is -2.26. The van der Waals surface area contributed by atoms with Gasteiger partial charge >= 0.3 is 5.97 Å². The molecule has 104 valence electrons. The monoisotopic (exact) mass is 263 g/mol. The zero-order valence-corrected chi connectivity index (χ0v) is 11.3. The molecule has 0 aromatic heterocycles. The normalized spacial score (nSPS) is 10.2. The number of carbonyl (C=O) groups excluding carboxylic acids is 1. The Balaban J connectivity index is 2.25. The molecule has 2 N–H and O–H groups in total. The zero-order chi connectivity index (χ0) is 14.1. The van der Waals surface area contributed by atoms with Gasteiger partial charge in [-0.2, -0.15) is 0 Å². The van der Waals surface area contributed by atoms with Gasteiger partial charge in [-0.25, -0.2) is 0 Å². The van der Waals surface area contributed by atoms with Gasteiger partial charge in [-0.3, -0.25) is 9.59 Å². The van der Waals surface area contributed by atoms with Gasteiger partial charge in [-0.15, -0.1) is 0 Å². The smallest absolute Gasteiger partial charge is 0.303 e. The van der Waals surface area contributed by atoms with Crippen molar-refractivity contribution in [1.82, 2.24) is 5.32 Å². The van der Waals surface area contributed by atoms with Gasteiger partial charge in [0.25, 0.3) is 0 Å². The third-order valence-corrected chi connectivity index (χ3v) is 2.86. The van der Waals surface area contributed by atoms with Crippen molar-refractivity contribution < 1.29 is 14.7 Å². The summed E-state index contributed by atoms with van der Waals surface area (Å²) in [7, 11) is 0. The summed E-state index contributed by atoms with van der Waals surface area (Å²) in [5.41, 5.74) is 2.51. The molecule has 0 unspecified atom stereocenters. The van der Waals surface area contributed by atoms with E-state index < -0.39 is 5.97 Å². The van der Waals surface area contributed by atoms with Crippen molar-refractivity contribution in [2.75, 3.05) is 6.54 Å². The summed E-state index contributed by atoms with van der Waals surface area (Å²) >= 11 is 0. The van der Waals surface area contributed by atoms with Crippen molar-refractivity contribution in [3.05, 3.63) is 35.4 Å². The number of nitrogens with one attached hydrogen (secondary N) is 1. The van der Waals surface area contributed by atoms with Gasteiger partial charge in [-0.05, 0) is 24.0 Å². The molecule has 0 fully saturated rings. The van der Waals surface area contributed by atoms with Crippen LogP contribution in [0.4, 0.5) is 0 Å². The fraction of sp³-hybridized carbons (Fsp3) is 0.467. The Kier molecular flexibility index (Phi) is 6.64. The molecule has 1 amide bonds. The highest BCUT2D eigenvalue weighted by Gasteiger charge is 2.04. The Morgan fingerprint density at radius 3 is 2.16 bits per heavy atom. The SMILES string of the molecule is CCCc1ccc(CCNC(=O)CCC(=O)O)cc1. The average Bonchev–Trinajstić information content (AvgIpc) is 2.39. The zero-order valence-electron chi connectivity index (χ0n) is 11.3. The van der Waals surface area contributed by atoms with Gasteiger partial charge in [0.2, 0.25) is 5.91 Å². The van der Waals surface area contributed by atoms with E-state index in [-0.39, 0.29) is 18.7 Å². The van der Waals surface area contributed by atoms with Crippen molar-refractivity contribution >= 4 is 11.9 Å². The van der Waals surface area contributed by atoms with E-state index in [0.717, 1.165) is 19.3 Å². The van der Waals surface area contributed by atoms with E-state index in [2.05, 4.69) is 36.5 Å². The Hall–Kier alpha value is -1.84. The lowest BCUT2D eigenvalue weighted by atomic mass is 10.1. The van der Waals surface area contributed by atoms with Gasteiger partial charge in [0.1, 0.15) is 0 Å². The first-order chi connectivity index (χ1) is 9.11. The van der Waals surface area contributed by atoms with E-state index in [1.54, 1.807) is 0 Å². The van der Waals surface area contributed by atoms with Crippen LogP contribution in [0.2, 0.25) is 0 Å². The minimum absolute atomic E-state index is 0.0464. The largest absolute Gasteiger partial charge is 0.481 e. The van der Waals surface area contributed by atoms with Crippen molar-refractivity contribution in [2.24, 2.45) is 0 Å². The number of carbonyl (C=O) groups is 2. The van der Waals surface area contributed by atoms with E-state index in [0.29, 0.717) is 6.54 Å². The first kappa shape index (κ1) is 15.2. The molecule has 0 aliphatic heterocycles. The van der Waals surface area contributed by atoms with Crippen LogP contribution in [-0.4, -0.2) is 23.5 Å². The average molecular weight is 263 g/mol. The highest BCUT2D eigenvalue weighted by Crippen LogP contribution is 2.06. The lowest BCUT2D eigenvalue weighted by molar-refractivity contribution is -0.138. The predicted octanol–water partition coefficient (Wildman–Crippen LogP) is 2.16. The highest BCUT2D eigenvalue weighted by molar-refractivity contribution is 5.80. The molecule has 1 rings (SSSR count). The van der Waals surface area contributed by atoms with E-state index in [4.69, 9.17) is 5.11 Å². The van der Waals surface area contributed by atoms with Crippen molar-refractivity contribution in [1.29, 1.82) is 0 Å². The standard InChI is InChI=1S/C15H21NO3/c1-2-3-12-4-6-13(7-5-12)10-11-16-14(17)8-9-15(18)19/h4-7H,2-3,8-11H2,1H3,(H,16,17)(H,18,19). The molecule has 0 saturated heterocycles. The maximum absolute atomic E-state index is 11.3. The number of aryl methyl sites for hydroxylation is 1. The molecule has 1 aromatic carbocycles. The Morgan fingerprint density at radius 2 is 1.63 bits per heavy atom. The summed E-state index contributed by atoms with van der Waals surface area (Å²) in [6.45, 7) is 2.70. The Morgan fingerprint density at radius 1 is 1.05 bits per heavy atom. The summed E-state index contributed by atoms with van der Waals surface area (Å²) < 4.78 is 0. The van der Waals surface area contributed by atoms with Gasteiger partial charge in [0, 0.05) is 13.0 Å². The van der Waals surface area contributed by atoms with Crippen LogP contribution >= 0.6 is 0 Å². The topological polar surface area (TPSA) is 66.4 Å². The molecular weight excluding hydrogens is 242 g/mol. The molecule has 0 aliphatic rings. The van der Waals surface area contributed by atoms with Gasteiger partial charge in [0.05, 0.1) is 6.42 Å². The van der Waals surface area contributed by atoms with Crippen molar-refractivity contribution in [3.63, 3.8) is 0 Å². The molecule has 0 radical (unpaired) electrons. The van der Waals surface area contributed by atoms with Crippen molar-refractivity contribution in [3.8, 4) is 0 Å². The molecular formula is C15H21NO3. The number of carboxylic acid groups (broad SMARTS) is 1. The quantitative estimate of drug-likeness (QED) is 0.755. The number of rotatable bonds is 8. The molecule has 0 atom stereocenters. The van der Waals surface area contributed by atoms with Gasteiger partial charge in [-0.1, -0.05) is 37.6 Å². The molecule has 4 heteroatoms. The van der Waals surface area contributed by atoms with E-state index in [1.807, 2.05) is 0 Å². The molecule has 1 aromatic rings. The first-order valence-corrected chi connectivity index (χ1v) is 6.68. The van der Waals surface area contributed by atoms with Crippen LogP contribution in [0.15, 0.2) is 24.3 Å². The Labute approximate surface area is 113 Å².